The maximum Gasteiger partial charge on any atom is 0.335 e. The van der Waals surface area contributed by atoms with E-state index in [1.807, 2.05) is 6.07 Å². The third kappa shape index (κ3) is 8.21. The summed E-state index contributed by atoms with van der Waals surface area (Å²) in [5, 5.41) is 36.6. The number of hydrogen-bond acceptors (Lipinski definition) is 9. The van der Waals surface area contributed by atoms with Gasteiger partial charge in [0.25, 0.3) is 5.91 Å². The number of hydrogen-bond donors (Lipinski definition) is 6. The second-order valence-corrected chi connectivity index (χ2v) is 10.4. The third-order valence-corrected chi connectivity index (χ3v) is 7.40. The fraction of sp³-hybridized carbons (Fsp3) is 0.538. The molecule has 40 heavy (non-hydrogen) atoms. The Bertz CT molecular complexity index is 1190. The highest BCUT2D eigenvalue weighted by Crippen LogP contribution is 2.31. The van der Waals surface area contributed by atoms with E-state index in [9.17, 15) is 18.8 Å². The second-order valence-electron chi connectivity index (χ2n) is 9.98. The summed E-state index contributed by atoms with van der Waals surface area (Å²) in [6.45, 7) is 3.79. The summed E-state index contributed by atoms with van der Waals surface area (Å²) in [6, 6.07) is 5.16. The van der Waals surface area contributed by atoms with Crippen molar-refractivity contribution >= 4 is 46.0 Å². The van der Waals surface area contributed by atoms with Crippen molar-refractivity contribution in [1.29, 1.82) is 0 Å². The average molecular weight is 585 g/mol. The molecule has 0 unspecified atom stereocenters. The number of carbonyl (C=O) groups is 3. The van der Waals surface area contributed by atoms with Crippen LogP contribution in [0.15, 0.2) is 24.4 Å². The maximum atomic E-state index is 14.9. The molecule has 2 aliphatic heterocycles. The first-order chi connectivity index (χ1) is 18.9. The van der Waals surface area contributed by atoms with E-state index in [1.165, 1.54) is 0 Å². The topological polar surface area (TPSA) is 196 Å². The molecule has 0 radical (unpaired) electrons. The molecule has 3 heterocycles. The zero-order valence-corrected chi connectivity index (χ0v) is 22.5. The van der Waals surface area contributed by atoms with Crippen LogP contribution in [0.3, 0.4) is 0 Å². The Morgan fingerprint density at radius 2 is 1.77 bits per heavy atom. The van der Waals surface area contributed by atoms with E-state index in [1.54, 1.807) is 18.3 Å². The number of aliphatic hydroxyl groups is 2. The number of likely N-dealkylation sites (tertiary alicyclic amines) is 1. The molecule has 7 N–H and O–H groups in total. The number of carboxylic acid groups (broad SMARTS) is 2. The Morgan fingerprint density at radius 1 is 1.18 bits per heavy atom. The van der Waals surface area contributed by atoms with E-state index in [0.717, 1.165) is 25.9 Å². The zero-order valence-electron chi connectivity index (χ0n) is 21.8. The molecule has 2 aromatic rings. The lowest BCUT2D eigenvalue weighted by Gasteiger charge is -2.38. The van der Waals surface area contributed by atoms with Crippen molar-refractivity contribution in [2.24, 2.45) is 5.92 Å². The Morgan fingerprint density at radius 3 is 2.35 bits per heavy atom. The van der Waals surface area contributed by atoms with Gasteiger partial charge >= 0.3 is 11.9 Å². The monoisotopic (exact) mass is 584 g/mol. The van der Waals surface area contributed by atoms with Crippen molar-refractivity contribution in [2.45, 2.75) is 43.6 Å². The smallest absolute Gasteiger partial charge is 0.335 e. The molecule has 0 aliphatic carbocycles. The summed E-state index contributed by atoms with van der Waals surface area (Å²) in [5.41, 5.74) is 6.32. The van der Waals surface area contributed by atoms with Gasteiger partial charge in [0, 0.05) is 50.7 Å². The van der Waals surface area contributed by atoms with Gasteiger partial charge in [0.05, 0.1) is 21.8 Å². The quantitative estimate of drug-likeness (QED) is 0.245. The van der Waals surface area contributed by atoms with Gasteiger partial charge in [-0.1, -0.05) is 11.6 Å². The number of nitrogens with two attached hydrogens (primary N) is 1. The lowest BCUT2D eigenvalue weighted by atomic mass is 9.92. The normalized spacial score (nSPS) is 19.2. The number of aromatic nitrogens is 1. The van der Waals surface area contributed by atoms with Crippen LogP contribution in [0.4, 0.5) is 10.1 Å². The molecule has 14 heteroatoms. The predicted molar refractivity (Wildman–Crippen MR) is 144 cm³/mol. The Balaban J connectivity index is 0.000000378. The number of ether oxygens (including phenoxy) is 1. The van der Waals surface area contributed by atoms with Gasteiger partial charge in [-0.3, -0.25) is 9.78 Å². The van der Waals surface area contributed by atoms with Crippen LogP contribution in [-0.4, -0.2) is 105 Å². The van der Waals surface area contributed by atoms with Gasteiger partial charge in [0.2, 0.25) is 0 Å². The molecule has 0 saturated carbocycles. The SMILES string of the molecule is Nc1c(Cl)cc(C(=O)NCC2CCN(CC3(F)CCOCC3)CC2)c2ncccc12.O=C(O)[C@H](O)[C@@H](O)C(=O)O. The molecule has 2 atom stereocenters. The number of carboxylic acids is 2. The molecule has 220 valence electrons. The lowest BCUT2D eigenvalue weighted by Crippen LogP contribution is -2.47. The zero-order chi connectivity index (χ0) is 29.4. The summed E-state index contributed by atoms with van der Waals surface area (Å²) in [7, 11) is 0. The molecule has 12 nitrogen and oxygen atoms in total. The van der Waals surface area contributed by atoms with Crippen LogP contribution < -0.4 is 11.1 Å². The standard InChI is InChI=1S/C22H28ClFN4O2.C4H6O6/c23-18-12-17(20-16(19(18)25)2-1-7-26-20)21(29)27-13-15-3-8-28(9-4-15)14-22(24)5-10-30-11-6-22;5-1(3(7)8)2(6)4(9)10/h1-2,7,12,15H,3-6,8-11,13-14,25H2,(H,27,29);1-2,5-6H,(H,7,8)(H,9,10)/t;1-,2-/m.1/s1. The lowest BCUT2D eigenvalue weighted by molar-refractivity contribution is -0.165. The molecule has 2 saturated heterocycles. The number of carbonyl (C=O) groups excluding carboxylic acids is 1. The van der Waals surface area contributed by atoms with E-state index in [4.69, 9.17) is 42.5 Å². The number of fused-ring (bicyclic) bond motifs is 1. The van der Waals surface area contributed by atoms with Crippen LogP contribution in [-0.2, 0) is 14.3 Å². The van der Waals surface area contributed by atoms with Gasteiger partial charge in [0.1, 0.15) is 5.67 Å². The summed E-state index contributed by atoms with van der Waals surface area (Å²) >= 11 is 6.22. The fourth-order valence-corrected chi connectivity index (χ4v) is 4.87. The summed E-state index contributed by atoms with van der Waals surface area (Å²) in [4.78, 5) is 38.9. The number of pyridine rings is 1. The number of nitrogens with one attached hydrogen (secondary N) is 1. The maximum absolute atomic E-state index is 14.9. The Kier molecular flexibility index (Phi) is 11.0. The minimum atomic E-state index is -2.27. The number of alkyl halides is 1. The number of halogens is 2. The van der Waals surface area contributed by atoms with Crippen molar-refractivity contribution in [3.05, 3.63) is 35.0 Å². The Labute approximate surface area is 234 Å². The highest BCUT2D eigenvalue weighted by molar-refractivity contribution is 6.35. The fourth-order valence-electron chi connectivity index (χ4n) is 4.66. The molecule has 2 fully saturated rings. The number of nitrogens with zero attached hydrogens (tertiary/aromatic N) is 2. The number of anilines is 1. The largest absolute Gasteiger partial charge is 0.479 e. The predicted octanol–water partition coefficient (Wildman–Crippen LogP) is 1.31. The van der Waals surface area contributed by atoms with Gasteiger partial charge < -0.3 is 41.1 Å². The number of nitrogen functional groups attached to an aromatic ring is 1. The van der Waals surface area contributed by atoms with E-state index in [0.29, 0.717) is 72.2 Å². The first-order valence-corrected chi connectivity index (χ1v) is 13.2. The molecule has 4 rings (SSSR count). The number of amides is 1. The molecule has 1 aromatic heterocycles. The van der Waals surface area contributed by atoms with E-state index >= 15 is 0 Å². The van der Waals surface area contributed by atoms with E-state index < -0.39 is 29.8 Å². The van der Waals surface area contributed by atoms with Crippen molar-refractivity contribution < 1.29 is 43.9 Å². The number of aliphatic carboxylic acids is 2. The van der Waals surface area contributed by atoms with E-state index in [-0.39, 0.29) is 5.91 Å². The number of rotatable bonds is 8. The van der Waals surface area contributed by atoms with Crippen LogP contribution in [0, 0.1) is 5.92 Å². The minimum absolute atomic E-state index is 0.201. The molecular formula is C26H34ClFN4O8. The minimum Gasteiger partial charge on any atom is -0.479 e. The highest BCUT2D eigenvalue weighted by atomic mass is 35.5. The molecule has 1 aromatic carbocycles. The molecule has 0 bridgehead atoms. The van der Waals surface area contributed by atoms with Crippen molar-refractivity contribution in [1.82, 2.24) is 15.2 Å². The van der Waals surface area contributed by atoms with Crippen LogP contribution in [0.5, 0.6) is 0 Å². The Hall–Kier alpha value is -3.10. The average Bonchev–Trinajstić information content (AvgIpc) is 2.94. The summed E-state index contributed by atoms with van der Waals surface area (Å²) < 4.78 is 20.2. The van der Waals surface area contributed by atoms with Gasteiger partial charge in [-0.25, -0.2) is 14.0 Å². The molecule has 0 spiro atoms. The van der Waals surface area contributed by atoms with Crippen LogP contribution in [0.2, 0.25) is 5.02 Å². The highest BCUT2D eigenvalue weighted by Gasteiger charge is 2.35. The van der Waals surface area contributed by atoms with Gasteiger partial charge in [-0.2, -0.15) is 0 Å². The van der Waals surface area contributed by atoms with Gasteiger partial charge in [-0.05, 0) is 50.0 Å². The first kappa shape index (κ1) is 31.4. The molecule has 1 amide bonds. The van der Waals surface area contributed by atoms with E-state index in [2.05, 4.69) is 15.2 Å². The van der Waals surface area contributed by atoms with Crippen molar-refractivity contribution in [3.8, 4) is 0 Å². The van der Waals surface area contributed by atoms with Crippen molar-refractivity contribution in [3.63, 3.8) is 0 Å². The van der Waals surface area contributed by atoms with Crippen molar-refractivity contribution in [2.75, 3.05) is 45.1 Å². The number of piperidine rings is 1. The molecular weight excluding hydrogens is 551 g/mol. The van der Waals surface area contributed by atoms with Crippen LogP contribution >= 0.6 is 11.6 Å². The number of aliphatic hydroxyl groups excluding tert-OH is 2. The van der Waals surface area contributed by atoms with Gasteiger partial charge in [-0.15, -0.1) is 0 Å². The van der Waals surface area contributed by atoms with Crippen LogP contribution in [0.1, 0.15) is 36.0 Å². The van der Waals surface area contributed by atoms with Crippen LogP contribution in [0.25, 0.3) is 10.9 Å². The number of benzene rings is 1. The molecule has 2 aliphatic rings. The third-order valence-electron chi connectivity index (χ3n) is 7.09. The van der Waals surface area contributed by atoms with Gasteiger partial charge in [0.15, 0.2) is 12.2 Å². The summed E-state index contributed by atoms with van der Waals surface area (Å²) in [5.74, 6) is -3.36. The summed E-state index contributed by atoms with van der Waals surface area (Å²) in [6.07, 6.45) is -0.0550. The second kappa shape index (κ2) is 14.0. The first-order valence-electron chi connectivity index (χ1n) is 12.8.